The van der Waals surface area contributed by atoms with Crippen molar-refractivity contribution in [3.63, 3.8) is 0 Å². The summed E-state index contributed by atoms with van der Waals surface area (Å²) < 4.78 is 5.24. The third-order valence-electron chi connectivity index (χ3n) is 2.94. The van der Waals surface area contributed by atoms with Crippen LogP contribution in [-0.2, 0) is 9.53 Å². The van der Waals surface area contributed by atoms with Crippen LogP contribution >= 0.6 is 0 Å². The Bertz CT molecular complexity index is 416. The van der Waals surface area contributed by atoms with Crippen molar-refractivity contribution < 1.29 is 14.6 Å². The first-order chi connectivity index (χ1) is 8.81. The highest BCUT2D eigenvalue weighted by Crippen LogP contribution is 2.08. The fourth-order valence-corrected chi connectivity index (χ4v) is 1.92. The first-order valence-electron chi connectivity index (χ1n) is 6.03. The number of hydrogen-bond donors (Lipinski definition) is 1. The smallest absolute Gasteiger partial charge is 0.247 e. The Kier molecular flexibility index (Phi) is 4.50. The maximum absolute atomic E-state index is 12.0. The van der Waals surface area contributed by atoms with Gasteiger partial charge in [0.2, 0.25) is 5.91 Å². The van der Waals surface area contributed by atoms with E-state index in [1.165, 1.54) is 0 Å². The summed E-state index contributed by atoms with van der Waals surface area (Å²) in [6.45, 7) is 1.40. The van der Waals surface area contributed by atoms with Crippen LogP contribution in [0.3, 0.4) is 0 Å². The highest BCUT2D eigenvalue weighted by molar-refractivity contribution is 5.92. The monoisotopic (exact) mass is 247 g/mol. The summed E-state index contributed by atoms with van der Waals surface area (Å²) in [5, 5.41) is 9.20. The maximum Gasteiger partial charge on any atom is 0.247 e. The number of aliphatic hydroxyl groups is 1. The largest absolute Gasteiger partial charge is 0.394 e. The molecular weight excluding hydrogens is 230 g/mol. The van der Waals surface area contributed by atoms with E-state index in [1.807, 2.05) is 30.3 Å². The molecule has 1 N–H and O–H groups in total. The van der Waals surface area contributed by atoms with Gasteiger partial charge < -0.3 is 14.7 Å². The molecule has 0 bridgehead atoms. The lowest BCUT2D eigenvalue weighted by atomic mass is 10.2. The van der Waals surface area contributed by atoms with E-state index in [0.29, 0.717) is 19.8 Å². The lowest BCUT2D eigenvalue weighted by molar-refractivity contribution is -0.136. The second kappa shape index (κ2) is 6.33. The van der Waals surface area contributed by atoms with E-state index < -0.39 is 0 Å². The van der Waals surface area contributed by atoms with Crippen molar-refractivity contribution in [3.8, 4) is 0 Å². The average molecular weight is 247 g/mol. The molecule has 1 aromatic carbocycles. The topological polar surface area (TPSA) is 49.8 Å². The number of carbonyl (C=O) groups is 1. The Labute approximate surface area is 106 Å². The van der Waals surface area contributed by atoms with Crippen LogP contribution in [0, 0.1) is 0 Å². The molecule has 1 amide bonds. The van der Waals surface area contributed by atoms with Crippen LogP contribution in [-0.4, -0.2) is 48.3 Å². The molecule has 1 aliphatic heterocycles. The van der Waals surface area contributed by atoms with E-state index in [0.717, 1.165) is 5.56 Å². The minimum atomic E-state index is -0.230. The van der Waals surface area contributed by atoms with E-state index >= 15 is 0 Å². The summed E-state index contributed by atoms with van der Waals surface area (Å²) in [5.74, 6) is -0.0822. The van der Waals surface area contributed by atoms with Gasteiger partial charge in [0, 0.05) is 12.6 Å². The lowest BCUT2D eigenvalue weighted by Crippen LogP contribution is -2.49. The molecule has 1 saturated heterocycles. The van der Waals surface area contributed by atoms with Crippen molar-refractivity contribution in [2.75, 3.05) is 26.4 Å². The molecule has 1 aromatic rings. The number of benzene rings is 1. The number of aliphatic hydroxyl groups excluding tert-OH is 1. The minimum Gasteiger partial charge on any atom is -0.394 e. The number of nitrogens with zero attached hydrogens (tertiary/aromatic N) is 1. The van der Waals surface area contributed by atoms with Gasteiger partial charge in [-0.15, -0.1) is 0 Å². The normalized spacial score (nSPS) is 20.3. The van der Waals surface area contributed by atoms with E-state index in [2.05, 4.69) is 0 Å². The molecule has 4 heteroatoms. The molecule has 0 radical (unpaired) electrons. The van der Waals surface area contributed by atoms with Gasteiger partial charge in [-0.25, -0.2) is 0 Å². The van der Waals surface area contributed by atoms with Gasteiger partial charge in [-0.3, -0.25) is 4.79 Å². The fraction of sp³-hybridized carbons (Fsp3) is 0.357. The fourth-order valence-electron chi connectivity index (χ4n) is 1.92. The van der Waals surface area contributed by atoms with Crippen LogP contribution in [0.2, 0.25) is 0 Å². The number of carbonyl (C=O) groups excluding carboxylic acids is 1. The van der Waals surface area contributed by atoms with Gasteiger partial charge >= 0.3 is 0 Å². The molecule has 2 rings (SSSR count). The number of hydrogen-bond acceptors (Lipinski definition) is 3. The molecule has 4 nitrogen and oxygen atoms in total. The zero-order chi connectivity index (χ0) is 12.8. The predicted molar refractivity (Wildman–Crippen MR) is 68.9 cm³/mol. The molecule has 1 atom stereocenters. The van der Waals surface area contributed by atoms with Gasteiger partial charge in [0.1, 0.15) is 0 Å². The van der Waals surface area contributed by atoms with E-state index in [9.17, 15) is 9.90 Å². The van der Waals surface area contributed by atoms with Crippen molar-refractivity contribution in [1.82, 2.24) is 4.90 Å². The molecule has 0 aliphatic carbocycles. The maximum atomic E-state index is 12.0. The van der Waals surface area contributed by atoms with Crippen LogP contribution in [0.4, 0.5) is 0 Å². The molecule has 0 aromatic heterocycles. The number of amides is 1. The molecule has 1 unspecified atom stereocenters. The Morgan fingerprint density at radius 1 is 1.44 bits per heavy atom. The summed E-state index contributed by atoms with van der Waals surface area (Å²) in [6.07, 6.45) is 3.33. The average Bonchev–Trinajstić information content (AvgIpc) is 2.45. The highest BCUT2D eigenvalue weighted by Gasteiger charge is 2.24. The molecule has 96 valence electrons. The molecule has 0 saturated carbocycles. The van der Waals surface area contributed by atoms with Crippen LogP contribution in [0.15, 0.2) is 36.4 Å². The molecule has 1 fully saturated rings. The second-order valence-electron chi connectivity index (χ2n) is 4.19. The standard InChI is InChI=1S/C14H17NO3/c16-10-13-11-18-9-8-15(13)14(17)7-6-12-4-2-1-3-5-12/h1-7,13,16H,8-11H2/b7-6+. The summed E-state index contributed by atoms with van der Waals surface area (Å²) >= 11 is 0. The number of morpholine rings is 1. The second-order valence-corrected chi connectivity index (χ2v) is 4.19. The quantitative estimate of drug-likeness (QED) is 0.808. The van der Waals surface area contributed by atoms with Crippen LogP contribution in [0.1, 0.15) is 5.56 Å². The Morgan fingerprint density at radius 3 is 2.94 bits per heavy atom. The molecule has 1 heterocycles. The first kappa shape index (κ1) is 12.8. The van der Waals surface area contributed by atoms with Crippen molar-refractivity contribution in [3.05, 3.63) is 42.0 Å². The Balaban J connectivity index is 2.00. The number of rotatable bonds is 3. The third-order valence-corrected chi connectivity index (χ3v) is 2.94. The highest BCUT2D eigenvalue weighted by atomic mass is 16.5. The van der Waals surface area contributed by atoms with Gasteiger partial charge in [0.25, 0.3) is 0 Å². The van der Waals surface area contributed by atoms with E-state index in [-0.39, 0.29) is 18.6 Å². The van der Waals surface area contributed by atoms with Crippen molar-refractivity contribution >= 4 is 12.0 Å². The van der Waals surface area contributed by atoms with Crippen molar-refractivity contribution in [2.45, 2.75) is 6.04 Å². The number of ether oxygens (including phenoxy) is 1. The zero-order valence-corrected chi connectivity index (χ0v) is 10.2. The third kappa shape index (κ3) is 3.18. The Hall–Kier alpha value is -1.65. The van der Waals surface area contributed by atoms with Gasteiger partial charge in [-0.2, -0.15) is 0 Å². The molecule has 18 heavy (non-hydrogen) atoms. The molecule has 0 spiro atoms. The van der Waals surface area contributed by atoms with Gasteiger partial charge in [0.05, 0.1) is 25.9 Å². The van der Waals surface area contributed by atoms with Crippen LogP contribution in [0.5, 0.6) is 0 Å². The van der Waals surface area contributed by atoms with Crippen molar-refractivity contribution in [2.24, 2.45) is 0 Å². The summed E-state index contributed by atoms with van der Waals surface area (Å²) in [4.78, 5) is 13.7. The molecular formula is C14H17NO3. The van der Waals surface area contributed by atoms with E-state index in [4.69, 9.17) is 4.74 Å². The Morgan fingerprint density at radius 2 is 2.22 bits per heavy atom. The molecule has 1 aliphatic rings. The van der Waals surface area contributed by atoms with Gasteiger partial charge in [-0.05, 0) is 11.6 Å². The van der Waals surface area contributed by atoms with Gasteiger partial charge in [-0.1, -0.05) is 30.3 Å². The predicted octanol–water partition coefficient (Wildman–Crippen LogP) is 0.919. The summed E-state index contributed by atoms with van der Waals surface area (Å²) in [5.41, 5.74) is 0.986. The summed E-state index contributed by atoms with van der Waals surface area (Å²) in [7, 11) is 0. The first-order valence-corrected chi connectivity index (χ1v) is 6.03. The van der Waals surface area contributed by atoms with E-state index in [1.54, 1.807) is 17.1 Å². The zero-order valence-electron chi connectivity index (χ0n) is 10.2. The van der Waals surface area contributed by atoms with Gasteiger partial charge in [0.15, 0.2) is 0 Å². The summed E-state index contributed by atoms with van der Waals surface area (Å²) in [6, 6.07) is 9.43. The minimum absolute atomic E-state index is 0.0646. The van der Waals surface area contributed by atoms with Crippen LogP contribution < -0.4 is 0 Å². The van der Waals surface area contributed by atoms with Crippen molar-refractivity contribution in [1.29, 1.82) is 0 Å². The SMILES string of the molecule is O=C(/C=C/c1ccccc1)N1CCOCC1CO. The lowest BCUT2D eigenvalue weighted by Gasteiger charge is -2.33. The van der Waals surface area contributed by atoms with Crippen LogP contribution in [0.25, 0.3) is 6.08 Å².